The molecule has 1 unspecified atom stereocenters. The lowest BCUT2D eigenvalue weighted by Crippen LogP contribution is -2.24. The van der Waals surface area contributed by atoms with Gasteiger partial charge < -0.3 is 10.1 Å². The van der Waals surface area contributed by atoms with E-state index in [0.717, 1.165) is 33.4 Å². The minimum atomic E-state index is 0.172. The van der Waals surface area contributed by atoms with E-state index in [1.54, 1.807) is 7.11 Å². The van der Waals surface area contributed by atoms with Crippen LogP contribution in [0.2, 0.25) is 0 Å². The van der Waals surface area contributed by atoms with Crippen molar-refractivity contribution in [2.24, 2.45) is 0 Å². The van der Waals surface area contributed by atoms with Crippen molar-refractivity contribution >= 4 is 31.9 Å². The van der Waals surface area contributed by atoms with Gasteiger partial charge in [-0.15, -0.1) is 0 Å². The molecule has 21 heavy (non-hydrogen) atoms. The van der Waals surface area contributed by atoms with E-state index in [4.69, 9.17) is 4.74 Å². The molecule has 5 heteroatoms. The molecule has 0 saturated heterocycles. The maximum atomic E-state index is 5.27. The topological polar surface area (TPSA) is 34.1 Å². The number of nitrogens with one attached hydrogen (secondary N) is 1. The van der Waals surface area contributed by atoms with E-state index in [9.17, 15) is 0 Å². The van der Waals surface area contributed by atoms with Crippen LogP contribution in [0.15, 0.2) is 45.5 Å². The Kier molecular flexibility index (Phi) is 6.21. The van der Waals surface area contributed by atoms with Gasteiger partial charge in [0.2, 0.25) is 0 Å². The Balaban J connectivity index is 2.24. The monoisotopic (exact) mass is 412 g/mol. The van der Waals surface area contributed by atoms with Gasteiger partial charge in [0.05, 0.1) is 23.3 Å². The highest BCUT2D eigenvalue weighted by atomic mass is 79.9. The first-order chi connectivity index (χ1) is 10.2. The highest BCUT2D eigenvalue weighted by Gasteiger charge is 2.16. The quantitative estimate of drug-likeness (QED) is 0.756. The van der Waals surface area contributed by atoms with Gasteiger partial charge in [0.1, 0.15) is 5.75 Å². The van der Waals surface area contributed by atoms with Gasteiger partial charge in [-0.25, -0.2) is 0 Å². The summed E-state index contributed by atoms with van der Waals surface area (Å²) in [7, 11) is 1.67. The Morgan fingerprint density at radius 1 is 1.24 bits per heavy atom. The van der Waals surface area contributed by atoms with Gasteiger partial charge in [0.25, 0.3) is 0 Å². The van der Waals surface area contributed by atoms with Gasteiger partial charge in [0, 0.05) is 10.7 Å². The number of pyridine rings is 1. The Hall–Kier alpha value is -0.910. The third-order valence-corrected chi connectivity index (χ3v) is 4.51. The zero-order chi connectivity index (χ0) is 15.2. The summed E-state index contributed by atoms with van der Waals surface area (Å²) in [5.74, 6) is 0.845. The molecule has 0 radical (unpaired) electrons. The number of hydrogen-bond donors (Lipinski definition) is 1. The van der Waals surface area contributed by atoms with Crippen molar-refractivity contribution in [3.63, 3.8) is 0 Å². The molecule has 0 saturated carbocycles. The fourth-order valence-electron chi connectivity index (χ4n) is 2.24. The molecule has 0 aliphatic carbocycles. The van der Waals surface area contributed by atoms with E-state index >= 15 is 0 Å². The molecule has 0 spiro atoms. The summed E-state index contributed by atoms with van der Waals surface area (Å²) in [5.41, 5.74) is 2.26. The number of benzene rings is 1. The van der Waals surface area contributed by atoms with Crippen LogP contribution in [0.3, 0.4) is 0 Å². The molecule has 1 heterocycles. The SMILES string of the molecule is CCNC(Cc1ccc(OC)c(Br)c1)c1ncccc1Br. The van der Waals surface area contributed by atoms with Crippen LogP contribution in [0.5, 0.6) is 5.75 Å². The molecule has 1 aromatic heterocycles. The van der Waals surface area contributed by atoms with Crippen LogP contribution < -0.4 is 10.1 Å². The molecule has 1 aromatic carbocycles. The molecule has 112 valence electrons. The lowest BCUT2D eigenvalue weighted by molar-refractivity contribution is 0.412. The van der Waals surface area contributed by atoms with Gasteiger partial charge >= 0.3 is 0 Å². The van der Waals surface area contributed by atoms with Crippen LogP contribution in [0.4, 0.5) is 0 Å². The van der Waals surface area contributed by atoms with E-state index in [-0.39, 0.29) is 6.04 Å². The van der Waals surface area contributed by atoms with Crippen LogP contribution >= 0.6 is 31.9 Å². The summed E-state index contributed by atoms with van der Waals surface area (Å²) in [5, 5.41) is 3.50. The Morgan fingerprint density at radius 3 is 2.67 bits per heavy atom. The van der Waals surface area contributed by atoms with E-state index in [1.807, 2.05) is 24.4 Å². The highest BCUT2D eigenvalue weighted by molar-refractivity contribution is 9.10. The minimum absolute atomic E-state index is 0.172. The second-order valence-corrected chi connectivity index (χ2v) is 6.36. The maximum absolute atomic E-state index is 5.27. The Morgan fingerprint density at radius 2 is 2.05 bits per heavy atom. The fraction of sp³-hybridized carbons (Fsp3) is 0.312. The molecule has 2 aromatic rings. The molecular formula is C16H18Br2N2O. The molecule has 2 rings (SSSR count). The summed E-state index contributed by atoms with van der Waals surface area (Å²) >= 11 is 7.12. The Bertz CT molecular complexity index is 605. The molecule has 0 amide bonds. The van der Waals surface area contributed by atoms with Gasteiger partial charge in [-0.05, 0) is 74.7 Å². The predicted octanol–water partition coefficient (Wildman–Crippen LogP) is 4.51. The average molecular weight is 414 g/mol. The zero-order valence-corrected chi connectivity index (χ0v) is 15.2. The molecule has 0 aliphatic rings. The van der Waals surface area contributed by atoms with E-state index in [1.165, 1.54) is 5.56 Å². The lowest BCUT2D eigenvalue weighted by atomic mass is 10.0. The maximum Gasteiger partial charge on any atom is 0.133 e. The van der Waals surface area contributed by atoms with Crippen LogP contribution in [-0.2, 0) is 6.42 Å². The molecule has 1 atom stereocenters. The third kappa shape index (κ3) is 4.28. The second-order valence-electron chi connectivity index (χ2n) is 4.65. The first-order valence-electron chi connectivity index (χ1n) is 6.82. The Labute approximate surface area is 142 Å². The number of rotatable bonds is 6. The van der Waals surface area contributed by atoms with Crippen molar-refractivity contribution in [3.8, 4) is 5.75 Å². The molecule has 0 fully saturated rings. The zero-order valence-electron chi connectivity index (χ0n) is 12.1. The summed E-state index contributed by atoms with van der Waals surface area (Å²) in [4.78, 5) is 4.50. The van der Waals surface area contributed by atoms with Crippen LogP contribution in [0.1, 0.15) is 24.2 Å². The number of methoxy groups -OCH3 is 1. The van der Waals surface area contributed by atoms with Gasteiger partial charge in [-0.1, -0.05) is 13.0 Å². The largest absolute Gasteiger partial charge is 0.496 e. The van der Waals surface area contributed by atoms with Crippen LogP contribution in [0, 0.1) is 0 Å². The average Bonchev–Trinajstić information content (AvgIpc) is 2.47. The summed E-state index contributed by atoms with van der Waals surface area (Å²) in [6.07, 6.45) is 2.69. The van der Waals surface area contributed by atoms with E-state index < -0.39 is 0 Å². The van der Waals surface area contributed by atoms with E-state index in [0.29, 0.717) is 0 Å². The number of likely N-dealkylation sites (N-methyl/N-ethyl adjacent to an activating group) is 1. The first kappa shape index (κ1) is 16.5. The molecular weight excluding hydrogens is 396 g/mol. The lowest BCUT2D eigenvalue weighted by Gasteiger charge is -2.19. The standard InChI is InChI=1S/C16H18Br2N2O/c1-3-19-14(16-12(17)5-4-8-20-16)10-11-6-7-15(21-2)13(18)9-11/h4-9,14,19H,3,10H2,1-2H3. The molecule has 0 aliphatic heterocycles. The van der Waals surface area contributed by atoms with Crippen molar-refractivity contribution < 1.29 is 4.74 Å². The number of hydrogen-bond acceptors (Lipinski definition) is 3. The normalized spacial score (nSPS) is 12.2. The number of aromatic nitrogens is 1. The van der Waals surface area contributed by atoms with Gasteiger partial charge in [-0.3, -0.25) is 4.98 Å². The highest BCUT2D eigenvalue weighted by Crippen LogP contribution is 2.29. The summed E-state index contributed by atoms with van der Waals surface area (Å²) in [6.45, 7) is 3.00. The molecule has 3 nitrogen and oxygen atoms in total. The number of ether oxygens (including phenoxy) is 1. The molecule has 0 bridgehead atoms. The van der Waals surface area contributed by atoms with Crippen LogP contribution in [0.25, 0.3) is 0 Å². The smallest absolute Gasteiger partial charge is 0.133 e. The first-order valence-corrected chi connectivity index (χ1v) is 8.40. The minimum Gasteiger partial charge on any atom is -0.496 e. The summed E-state index contributed by atoms with van der Waals surface area (Å²) < 4.78 is 7.28. The second kappa shape index (κ2) is 7.92. The van der Waals surface area contributed by atoms with Crippen molar-refractivity contribution in [1.29, 1.82) is 0 Å². The predicted molar refractivity (Wildman–Crippen MR) is 92.8 cm³/mol. The number of nitrogens with zero attached hydrogens (tertiary/aromatic N) is 1. The van der Waals surface area contributed by atoms with E-state index in [2.05, 4.69) is 61.2 Å². The van der Waals surface area contributed by atoms with Gasteiger partial charge in [0.15, 0.2) is 0 Å². The number of halogens is 2. The third-order valence-electron chi connectivity index (χ3n) is 3.22. The van der Waals surface area contributed by atoms with Crippen molar-refractivity contribution in [3.05, 3.63) is 56.7 Å². The van der Waals surface area contributed by atoms with Crippen molar-refractivity contribution in [2.45, 2.75) is 19.4 Å². The molecule has 1 N–H and O–H groups in total. The van der Waals surface area contributed by atoms with Crippen LogP contribution in [-0.4, -0.2) is 18.6 Å². The summed E-state index contributed by atoms with van der Waals surface area (Å²) in [6, 6.07) is 10.3. The fourth-order valence-corrected chi connectivity index (χ4v) is 3.36. The van der Waals surface area contributed by atoms with Gasteiger partial charge in [-0.2, -0.15) is 0 Å². The van der Waals surface area contributed by atoms with Crippen molar-refractivity contribution in [1.82, 2.24) is 10.3 Å². The van der Waals surface area contributed by atoms with Crippen molar-refractivity contribution in [2.75, 3.05) is 13.7 Å².